The van der Waals surface area contributed by atoms with Crippen LogP contribution in [-0.4, -0.2) is 37.9 Å². The summed E-state index contributed by atoms with van der Waals surface area (Å²) in [5.74, 6) is 2.49. The fourth-order valence-electron chi connectivity index (χ4n) is 3.14. The van der Waals surface area contributed by atoms with Gasteiger partial charge in [-0.05, 0) is 31.4 Å². The summed E-state index contributed by atoms with van der Waals surface area (Å²) in [5.41, 5.74) is 0. The van der Waals surface area contributed by atoms with E-state index in [0.29, 0.717) is 5.92 Å². The zero-order valence-corrected chi connectivity index (χ0v) is 14.0. The summed E-state index contributed by atoms with van der Waals surface area (Å²) in [4.78, 5) is 7.76. The van der Waals surface area contributed by atoms with Gasteiger partial charge in [0, 0.05) is 31.6 Å². The number of hydrogen-bond donors (Lipinski definition) is 0. The van der Waals surface area contributed by atoms with Gasteiger partial charge < -0.3 is 4.90 Å². The minimum atomic E-state index is 0.451. The van der Waals surface area contributed by atoms with Gasteiger partial charge in [0.2, 0.25) is 4.96 Å². The van der Waals surface area contributed by atoms with Crippen LogP contribution in [0.2, 0.25) is 0 Å². The van der Waals surface area contributed by atoms with Gasteiger partial charge in [0.1, 0.15) is 10.8 Å². The van der Waals surface area contributed by atoms with E-state index in [1.165, 1.54) is 17.8 Å². The normalized spacial score (nSPS) is 18.7. The summed E-state index contributed by atoms with van der Waals surface area (Å²) in [5, 5.41) is 14.5. The molecule has 0 radical (unpaired) electrons. The summed E-state index contributed by atoms with van der Waals surface area (Å²) in [7, 11) is 0. The highest BCUT2D eigenvalue weighted by molar-refractivity contribution is 7.16. The molecule has 6 nitrogen and oxygen atoms in total. The van der Waals surface area contributed by atoms with Gasteiger partial charge in [-0.2, -0.15) is 9.61 Å². The molecule has 0 N–H and O–H groups in total. The molecule has 0 amide bonds. The van der Waals surface area contributed by atoms with Gasteiger partial charge in [0.15, 0.2) is 5.82 Å². The lowest BCUT2D eigenvalue weighted by Gasteiger charge is -2.32. The van der Waals surface area contributed by atoms with Crippen molar-refractivity contribution in [2.45, 2.75) is 38.5 Å². The Bertz CT molecular complexity index is 780. The number of fused-ring (bicyclic) bond motifs is 1. The van der Waals surface area contributed by atoms with E-state index in [0.717, 1.165) is 42.5 Å². The van der Waals surface area contributed by atoms with Crippen LogP contribution in [0.1, 0.15) is 42.9 Å². The van der Waals surface area contributed by atoms with Crippen LogP contribution in [0.3, 0.4) is 0 Å². The standard InChI is InChI=1S/C16H20N6S/c1-2-6-14-18-19-16-22(14)20-15(23-16)12-7-5-10-21(11-12)13-8-3-4-9-17-13/h3-4,8-9,12H,2,5-7,10-11H2,1H3. The average molecular weight is 328 g/mol. The molecule has 120 valence electrons. The third kappa shape index (κ3) is 2.81. The maximum Gasteiger partial charge on any atom is 0.234 e. The van der Waals surface area contributed by atoms with Crippen molar-refractivity contribution < 1.29 is 0 Å². The van der Waals surface area contributed by atoms with Crippen LogP contribution in [0, 0.1) is 0 Å². The lowest BCUT2D eigenvalue weighted by atomic mass is 9.99. The molecule has 1 aliphatic heterocycles. The SMILES string of the molecule is CCCc1nnc2sc(C3CCCN(c4ccccn4)C3)nn12. The average Bonchev–Trinajstić information content (AvgIpc) is 3.18. The number of rotatable bonds is 4. The summed E-state index contributed by atoms with van der Waals surface area (Å²) in [6, 6.07) is 6.09. The molecule has 1 aliphatic rings. The van der Waals surface area contributed by atoms with Crippen molar-refractivity contribution in [3.8, 4) is 0 Å². The highest BCUT2D eigenvalue weighted by Gasteiger charge is 2.26. The Morgan fingerprint density at radius 2 is 2.26 bits per heavy atom. The van der Waals surface area contributed by atoms with Crippen LogP contribution in [0.15, 0.2) is 24.4 Å². The second kappa shape index (κ2) is 6.23. The fraction of sp³-hybridized carbons (Fsp3) is 0.500. The molecule has 3 aromatic heterocycles. The van der Waals surface area contributed by atoms with Crippen LogP contribution in [0.25, 0.3) is 4.96 Å². The molecule has 1 saturated heterocycles. The Hall–Kier alpha value is -2.02. The van der Waals surface area contributed by atoms with E-state index in [2.05, 4.69) is 33.1 Å². The van der Waals surface area contributed by atoms with E-state index < -0.39 is 0 Å². The molecule has 1 atom stereocenters. The Labute approximate surface area is 139 Å². The van der Waals surface area contributed by atoms with Crippen molar-refractivity contribution >= 4 is 22.1 Å². The monoisotopic (exact) mass is 328 g/mol. The van der Waals surface area contributed by atoms with Gasteiger partial charge in [0.05, 0.1) is 0 Å². The molecule has 4 heterocycles. The summed E-state index contributed by atoms with van der Waals surface area (Å²) in [6.45, 7) is 4.20. The highest BCUT2D eigenvalue weighted by atomic mass is 32.1. The largest absolute Gasteiger partial charge is 0.356 e. The summed E-state index contributed by atoms with van der Waals surface area (Å²) >= 11 is 1.68. The lowest BCUT2D eigenvalue weighted by Crippen LogP contribution is -2.34. The molecule has 1 fully saturated rings. The molecule has 0 aliphatic carbocycles. The number of anilines is 1. The summed E-state index contributed by atoms with van der Waals surface area (Å²) in [6.07, 6.45) is 6.19. The predicted octanol–water partition coefficient (Wildman–Crippen LogP) is 2.92. The van der Waals surface area contributed by atoms with Crippen LogP contribution in [0.4, 0.5) is 5.82 Å². The van der Waals surface area contributed by atoms with Crippen LogP contribution >= 0.6 is 11.3 Å². The minimum Gasteiger partial charge on any atom is -0.356 e. The molecule has 0 aromatic carbocycles. The quantitative estimate of drug-likeness (QED) is 0.737. The van der Waals surface area contributed by atoms with E-state index in [4.69, 9.17) is 5.10 Å². The van der Waals surface area contributed by atoms with Crippen molar-refractivity contribution in [3.05, 3.63) is 35.2 Å². The minimum absolute atomic E-state index is 0.451. The van der Waals surface area contributed by atoms with Crippen LogP contribution < -0.4 is 4.90 Å². The molecule has 0 saturated carbocycles. The molecule has 1 unspecified atom stereocenters. The van der Waals surface area contributed by atoms with Gasteiger partial charge >= 0.3 is 0 Å². The van der Waals surface area contributed by atoms with Gasteiger partial charge in [-0.25, -0.2) is 4.98 Å². The smallest absolute Gasteiger partial charge is 0.234 e. The lowest BCUT2D eigenvalue weighted by molar-refractivity contribution is 0.501. The number of nitrogens with zero attached hydrogens (tertiary/aromatic N) is 6. The molecule has 0 spiro atoms. The van der Waals surface area contributed by atoms with Gasteiger partial charge in [0.25, 0.3) is 0 Å². The topological polar surface area (TPSA) is 59.2 Å². The highest BCUT2D eigenvalue weighted by Crippen LogP contribution is 2.31. The number of hydrogen-bond acceptors (Lipinski definition) is 6. The van der Waals surface area contributed by atoms with Crippen LogP contribution in [0.5, 0.6) is 0 Å². The van der Waals surface area contributed by atoms with E-state index >= 15 is 0 Å². The van der Waals surface area contributed by atoms with Gasteiger partial charge in [-0.1, -0.05) is 24.3 Å². The molecule has 4 rings (SSSR count). The summed E-state index contributed by atoms with van der Waals surface area (Å²) < 4.78 is 1.93. The zero-order valence-electron chi connectivity index (χ0n) is 13.2. The second-order valence-electron chi connectivity index (χ2n) is 5.97. The maximum absolute atomic E-state index is 4.81. The molecule has 0 bridgehead atoms. The molecule has 7 heteroatoms. The van der Waals surface area contributed by atoms with Crippen molar-refractivity contribution in [2.24, 2.45) is 0 Å². The number of piperidine rings is 1. The number of aryl methyl sites for hydroxylation is 1. The Morgan fingerprint density at radius 1 is 1.30 bits per heavy atom. The first-order chi connectivity index (χ1) is 11.3. The van der Waals surface area contributed by atoms with Crippen LogP contribution in [-0.2, 0) is 6.42 Å². The van der Waals surface area contributed by atoms with Gasteiger partial charge in [-0.15, -0.1) is 10.2 Å². The Kier molecular flexibility index (Phi) is 3.95. The van der Waals surface area contributed by atoms with E-state index in [-0.39, 0.29) is 0 Å². The van der Waals surface area contributed by atoms with E-state index in [1.807, 2.05) is 22.8 Å². The molecule has 23 heavy (non-hydrogen) atoms. The second-order valence-corrected chi connectivity index (χ2v) is 6.96. The van der Waals surface area contributed by atoms with Crippen molar-refractivity contribution in [2.75, 3.05) is 18.0 Å². The van der Waals surface area contributed by atoms with Crippen molar-refractivity contribution in [1.82, 2.24) is 24.8 Å². The van der Waals surface area contributed by atoms with Crippen molar-refractivity contribution in [1.29, 1.82) is 0 Å². The third-order valence-corrected chi connectivity index (χ3v) is 5.35. The fourth-order valence-corrected chi connectivity index (χ4v) is 4.13. The predicted molar refractivity (Wildman–Crippen MR) is 91.1 cm³/mol. The maximum atomic E-state index is 4.81. The van der Waals surface area contributed by atoms with E-state index in [9.17, 15) is 0 Å². The number of pyridine rings is 1. The first-order valence-electron chi connectivity index (χ1n) is 8.22. The van der Waals surface area contributed by atoms with Gasteiger partial charge in [-0.3, -0.25) is 0 Å². The molecular formula is C16H20N6S. The first kappa shape index (κ1) is 14.6. The molecular weight excluding hydrogens is 308 g/mol. The first-order valence-corrected chi connectivity index (χ1v) is 9.04. The Balaban J connectivity index is 1.57. The Morgan fingerprint density at radius 3 is 3.09 bits per heavy atom. The number of aromatic nitrogens is 5. The van der Waals surface area contributed by atoms with E-state index in [1.54, 1.807) is 11.3 Å². The van der Waals surface area contributed by atoms with Crippen molar-refractivity contribution in [3.63, 3.8) is 0 Å². The third-order valence-electron chi connectivity index (χ3n) is 4.29. The molecule has 3 aromatic rings. The zero-order chi connectivity index (χ0) is 15.6.